The van der Waals surface area contributed by atoms with Crippen LogP contribution in [-0.4, -0.2) is 13.1 Å². The van der Waals surface area contributed by atoms with Crippen LogP contribution in [0.3, 0.4) is 0 Å². The third kappa shape index (κ3) is 14.4. The summed E-state index contributed by atoms with van der Waals surface area (Å²) < 4.78 is 4.54. The van der Waals surface area contributed by atoms with E-state index < -0.39 is 0 Å². The maximum absolute atomic E-state index is 10.8. The summed E-state index contributed by atoms with van der Waals surface area (Å²) in [7, 11) is 1.40. The fourth-order valence-corrected chi connectivity index (χ4v) is 1.29. The number of allylic oxidation sites excluding steroid dienone is 5. The van der Waals surface area contributed by atoms with Crippen molar-refractivity contribution < 1.29 is 9.53 Å². The molecule has 0 bridgehead atoms. The third-order valence-corrected chi connectivity index (χ3v) is 2.41. The molecule has 0 N–H and O–H groups in total. The van der Waals surface area contributed by atoms with E-state index in [1.807, 2.05) is 24.3 Å². The van der Waals surface area contributed by atoms with Gasteiger partial charge in [0.2, 0.25) is 0 Å². The molecule has 0 atom stereocenters. The molecule has 106 valence electrons. The number of halogens is 1. The van der Waals surface area contributed by atoms with Crippen LogP contribution < -0.4 is 0 Å². The SMILES string of the molecule is COC(=O)CCCC#C/C=C/CC/C=C/C#C/C=C\Br. The van der Waals surface area contributed by atoms with Crippen molar-refractivity contribution in [3.63, 3.8) is 0 Å². The van der Waals surface area contributed by atoms with Crippen LogP contribution in [0.2, 0.25) is 0 Å². The minimum Gasteiger partial charge on any atom is -0.469 e. The number of esters is 1. The third-order valence-electron chi connectivity index (χ3n) is 2.14. The van der Waals surface area contributed by atoms with Crippen LogP contribution in [0.15, 0.2) is 35.4 Å². The van der Waals surface area contributed by atoms with E-state index in [0.717, 1.165) is 25.7 Å². The second-order valence-electron chi connectivity index (χ2n) is 3.71. The average Bonchev–Trinajstić information content (AvgIpc) is 2.47. The maximum atomic E-state index is 10.8. The van der Waals surface area contributed by atoms with E-state index in [9.17, 15) is 4.79 Å². The van der Waals surface area contributed by atoms with Gasteiger partial charge in [-0.3, -0.25) is 4.79 Å². The highest BCUT2D eigenvalue weighted by Gasteiger charge is 1.96. The maximum Gasteiger partial charge on any atom is 0.305 e. The van der Waals surface area contributed by atoms with E-state index in [1.165, 1.54) is 7.11 Å². The second-order valence-corrected chi connectivity index (χ2v) is 4.24. The van der Waals surface area contributed by atoms with Gasteiger partial charge in [0.15, 0.2) is 0 Å². The van der Waals surface area contributed by atoms with Gasteiger partial charge in [-0.15, -0.1) is 0 Å². The van der Waals surface area contributed by atoms with Crippen molar-refractivity contribution in [2.75, 3.05) is 7.11 Å². The first-order chi connectivity index (χ1) is 9.81. The first-order valence-electron chi connectivity index (χ1n) is 6.42. The van der Waals surface area contributed by atoms with E-state index in [-0.39, 0.29) is 5.97 Å². The number of unbranched alkanes of at least 4 members (excludes halogenated alkanes) is 2. The molecule has 0 rings (SSSR count). The summed E-state index contributed by atoms with van der Waals surface area (Å²) in [4.78, 5) is 12.5. The lowest BCUT2D eigenvalue weighted by Gasteiger charge is -1.93. The Morgan fingerprint density at radius 3 is 2.40 bits per heavy atom. The highest BCUT2D eigenvalue weighted by Crippen LogP contribution is 1.96. The van der Waals surface area contributed by atoms with E-state index in [1.54, 1.807) is 11.1 Å². The molecule has 0 aromatic carbocycles. The van der Waals surface area contributed by atoms with E-state index >= 15 is 0 Å². The molecule has 0 unspecified atom stereocenters. The summed E-state index contributed by atoms with van der Waals surface area (Å²) in [5.74, 6) is 11.5. The van der Waals surface area contributed by atoms with Crippen molar-refractivity contribution in [2.24, 2.45) is 0 Å². The molecule has 0 amide bonds. The molecule has 0 saturated carbocycles. The molecular weight excluding hydrogens is 316 g/mol. The Labute approximate surface area is 130 Å². The van der Waals surface area contributed by atoms with Gasteiger partial charge in [0.25, 0.3) is 0 Å². The zero-order valence-electron chi connectivity index (χ0n) is 11.7. The summed E-state index contributed by atoms with van der Waals surface area (Å²) in [5, 5.41) is 0. The van der Waals surface area contributed by atoms with Gasteiger partial charge in [0, 0.05) is 12.8 Å². The molecule has 0 aliphatic carbocycles. The lowest BCUT2D eigenvalue weighted by atomic mass is 10.2. The van der Waals surface area contributed by atoms with E-state index in [0.29, 0.717) is 6.42 Å². The Hall–Kier alpha value is -1.71. The topological polar surface area (TPSA) is 26.3 Å². The van der Waals surface area contributed by atoms with Crippen LogP contribution in [0.1, 0.15) is 32.1 Å². The predicted octanol–water partition coefficient (Wildman–Crippen LogP) is 4.14. The number of carbonyl (C=O) groups excluding carboxylic acids is 1. The van der Waals surface area contributed by atoms with E-state index in [2.05, 4.69) is 44.3 Å². The van der Waals surface area contributed by atoms with Gasteiger partial charge in [-0.05, 0) is 42.5 Å². The molecule has 3 heteroatoms. The molecule has 0 aliphatic rings. The van der Waals surface area contributed by atoms with E-state index in [4.69, 9.17) is 0 Å². The first-order valence-corrected chi connectivity index (χ1v) is 7.34. The Balaban J connectivity index is 3.58. The molecular formula is C17H19BrO2. The molecule has 0 aromatic rings. The highest BCUT2D eigenvalue weighted by molar-refractivity contribution is 9.11. The molecule has 20 heavy (non-hydrogen) atoms. The number of hydrogen-bond donors (Lipinski definition) is 0. The van der Waals surface area contributed by atoms with Gasteiger partial charge in [0.1, 0.15) is 0 Å². The van der Waals surface area contributed by atoms with Gasteiger partial charge in [0.05, 0.1) is 7.11 Å². The summed E-state index contributed by atoms with van der Waals surface area (Å²) in [6, 6.07) is 0. The van der Waals surface area contributed by atoms with Gasteiger partial charge in [-0.1, -0.05) is 51.8 Å². The molecule has 2 nitrogen and oxygen atoms in total. The van der Waals surface area contributed by atoms with Crippen molar-refractivity contribution in [3.05, 3.63) is 35.4 Å². The normalized spacial score (nSPS) is 10.3. The first kappa shape index (κ1) is 18.3. The van der Waals surface area contributed by atoms with Crippen molar-refractivity contribution in [1.82, 2.24) is 0 Å². The quantitative estimate of drug-likeness (QED) is 0.414. The minimum atomic E-state index is -0.177. The molecule has 0 fully saturated rings. The summed E-state index contributed by atoms with van der Waals surface area (Å²) in [5.41, 5.74) is 0. The van der Waals surface area contributed by atoms with Crippen LogP contribution in [0.4, 0.5) is 0 Å². The monoisotopic (exact) mass is 334 g/mol. The zero-order valence-corrected chi connectivity index (χ0v) is 13.3. The fraction of sp³-hybridized carbons (Fsp3) is 0.353. The standard InChI is InChI=1S/C17H19BrO2/c1-20-17(19)15-13-11-9-7-5-3-2-4-6-8-10-12-14-16-18/h3,5-6,8,14,16H,2,4,11,13,15H2,1H3/b5-3+,8-6+,16-14-. The summed E-state index contributed by atoms with van der Waals surface area (Å²) >= 11 is 3.14. The highest BCUT2D eigenvalue weighted by atomic mass is 79.9. The van der Waals surface area contributed by atoms with Crippen molar-refractivity contribution in [2.45, 2.75) is 32.1 Å². The number of ether oxygens (including phenoxy) is 1. The minimum absolute atomic E-state index is 0.177. The molecule has 0 aromatic heterocycles. The zero-order chi connectivity index (χ0) is 14.9. The largest absolute Gasteiger partial charge is 0.469 e. The van der Waals surface area contributed by atoms with Crippen molar-refractivity contribution in [1.29, 1.82) is 0 Å². The van der Waals surface area contributed by atoms with Crippen LogP contribution >= 0.6 is 15.9 Å². The Bertz CT molecular complexity index is 465. The van der Waals surface area contributed by atoms with Crippen molar-refractivity contribution >= 4 is 21.9 Å². The van der Waals surface area contributed by atoms with Gasteiger partial charge >= 0.3 is 5.97 Å². The molecule has 0 heterocycles. The lowest BCUT2D eigenvalue weighted by Crippen LogP contribution is -1.98. The molecule has 0 spiro atoms. The lowest BCUT2D eigenvalue weighted by molar-refractivity contribution is -0.140. The predicted molar refractivity (Wildman–Crippen MR) is 87.0 cm³/mol. The fourth-order valence-electron chi connectivity index (χ4n) is 1.16. The van der Waals surface area contributed by atoms with Gasteiger partial charge in [-0.25, -0.2) is 0 Å². The number of methoxy groups -OCH3 is 1. The van der Waals surface area contributed by atoms with Gasteiger partial charge < -0.3 is 4.74 Å². The number of carbonyl (C=O) groups is 1. The van der Waals surface area contributed by atoms with Crippen LogP contribution in [0.5, 0.6) is 0 Å². The smallest absolute Gasteiger partial charge is 0.305 e. The Morgan fingerprint density at radius 1 is 1.10 bits per heavy atom. The number of hydrogen-bond acceptors (Lipinski definition) is 2. The van der Waals surface area contributed by atoms with Gasteiger partial charge in [-0.2, -0.15) is 0 Å². The van der Waals surface area contributed by atoms with Crippen LogP contribution in [-0.2, 0) is 9.53 Å². The molecule has 0 radical (unpaired) electrons. The summed E-state index contributed by atoms with van der Waals surface area (Å²) in [6.07, 6.45) is 13.3. The van der Waals surface area contributed by atoms with Crippen LogP contribution in [0.25, 0.3) is 0 Å². The molecule has 0 aliphatic heterocycles. The number of rotatable bonds is 6. The summed E-state index contributed by atoms with van der Waals surface area (Å²) in [6.45, 7) is 0. The second kappa shape index (κ2) is 15.3. The Kier molecular flexibility index (Phi) is 14.0. The van der Waals surface area contributed by atoms with Crippen molar-refractivity contribution in [3.8, 4) is 23.7 Å². The van der Waals surface area contributed by atoms with Crippen LogP contribution in [0, 0.1) is 23.7 Å². The average molecular weight is 335 g/mol. The molecule has 0 saturated heterocycles. The Morgan fingerprint density at radius 2 is 1.75 bits per heavy atom.